The Morgan fingerprint density at radius 3 is 2.33 bits per heavy atom. The summed E-state index contributed by atoms with van der Waals surface area (Å²) in [6, 6.07) is 0.804. The third-order valence-electron chi connectivity index (χ3n) is 3.39. The lowest BCUT2D eigenvalue weighted by molar-refractivity contribution is 0.239. The van der Waals surface area contributed by atoms with E-state index < -0.39 is 0 Å². The Morgan fingerprint density at radius 1 is 1.07 bits per heavy atom. The van der Waals surface area contributed by atoms with Gasteiger partial charge >= 0.3 is 0 Å². The second-order valence-corrected chi connectivity index (χ2v) is 6.25. The molecule has 0 heterocycles. The van der Waals surface area contributed by atoms with Gasteiger partial charge in [-0.15, -0.1) is 0 Å². The van der Waals surface area contributed by atoms with Crippen LogP contribution in [-0.2, 0) is 0 Å². The van der Waals surface area contributed by atoms with E-state index >= 15 is 0 Å². The molecule has 1 rings (SSSR count). The number of hydrogen-bond acceptors (Lipinski definition) is 2. The summed E-state index contributed by atoms with van der Waals surface area (Å²) in [7, 11) is 0. The average Bonchev–Trinajstić information content (AvgIpc) is 2.16. The third-order valence-corrected chi connectivity index (χ3v) is 4.08. The van der Waals surface area contributed by atoms with Gasteiger partial charge in [0.15, 0.2) is 0 Å². The summed E-state index contributed by atoms with van der Waals surface area (Å²) in [6.07, 6.45) is 9.13. The van der Waals surface area contributed by atoms with Crippen molar-refractivity contribution >= 4 is 11.8 Å². The number of thioether (sulfide) groups is 1. The van der Waals surface area contributed by atoms with Crippen molar-refractivity contribution in [1.29, 1.82) is 0 Å². The van der Waals surface area contributed by atoms with Crippen molar-refractivity contribution in [3.63, 3.8) is 0 Å². The Labute approximate surface area is 99.8 Å². The van der Waals surface area contributed by atoms with E-state index in [-0.39, 0.29) is 0 Å². The lowest BCUT2D eigenvalue weighted by Crippen LogP contribution is -2.36. The SMILES string of the molecule is CSCCCCNC1CC(C)CC(C)C1. The Morgan fingerprint density at radius 2 is 1.73 bits per heavy atom. The highest BCUT2D eigenvalue weighted by Gasteiger charge is 2.22. The molecule has 0 spiro atoms. The van der Waals surface area contributed by atoms with Gasteiger partial charge in [0.2, 0.25) is 0 Å². The second-order valence-electron chi connectivity index (χ2n) is 5.27. The summed E-state index contributed by atoms with van der Waals surface area (Å²) in [5.74, 6) is 3.17. The summed E-state index contributed by atoms with van der Waals surface area (Å²) in [4.78, 5) is 0. The van der Waals surface area contributed by atoms with Crippen LogP contribution in [0.4, 0.5) is 0 Å². The molecule has 0 aliphatic heterocycles. The largest absolute Gasteiger partial charge is 0.314 e. The fourth-order valence-corrected chi connectivity index (χ4v) is 3.28. The Balaban J connectivity index is 2.04. The van der Waals surface area contributed by atoms with Gasteiger partial charge in [-0.3, -0.25) is 0 Å². The van der Waals surface area contributed by atoms with Crippen LogP contribution in [0.3, 0.4) is 0 Å². The minimum Gasteiger partial charge on any atom is -0.314 e. The van der Waals surface area contributed by atoms with E-state index in [1.807, 2.05) is 11.8 Å². The fraction of sp³-hybridized carbons (Fsp3) is 1.00. The summed E-state index contributed by atoms with van der Waals surface area (Å²) in [5.41, 5.74) is 0. The smallest absolute Gasteiger partial charge is 0.00721 e. The molecule has 1 fully saturated rings. The summed E-state index contributed by atoms with van der Waals surface area (Å²) in [6.45, 7) is 6.03. The molecule has 2 atom stereocenters. The van der Waals surface area contributed by atoms with E-state index in [1.54, 1.807) is 0 Å². The predicted molar refractivity (Wildman–Crippen MR) is 71.6 cm³/mol. The topological polar surface area (TPSA) is 12.0 Å². The molecule has 0 amide bonds. The Bertz CT molecular complexity index is 151. The maximum Gasteiger partial charge on any atom is 0.00721 e. The molecule has 15 heavy (non-hydrogen) atoms. The molecule has 1 nitrogen and oxygen atoms in total. The van der Waals surface area contributed by atoms with Gasteiger partial charge < -0.3 is 5.32 Å². The normalized spacial score (nSPS) is 31.8. The quantitative estimate of drug-likeness (QED) is 0.699. The molecule has 0 saturated heterocycles. The summed E-state index contributed by atoms with van der Waals surface area (Å²) >= 11 is 1.96. The number of unbranched alkanes of at least 4 members (excludes halogenated alkanes) is 1. The molecular weight excluding hydrogens is 202 g/mol. The van der Waals surface area contributed by atoms with Gasteiger partial charge in [-0.1, -0.05) is 13.8 Å². The van der Waals surface area contributed by atoms with Gasteiger partial charge in [0, 0.05) is 6.04 Å². The monoisotopic (exact) mass is 229 g/mol. The van der Waals surface area contributed by atoms with Crippen molar-refractivity contribution in [1.82, 2.24) is 5.32 Å². The van der Waals surface area contributed by atoms with Crippen molar-refractivity contribution in [2.45, 2.75) is 52.0 Å². The van der Waals surface area contributed by atoms with Gasteiger partial charge in [-0.2, -0.15) is 11.8 Å². The first-order valence-corrected chi connectivity index (χ1v) is 7.84. The zero-order valence-electron chi connectivity index (χ0n) is 10.6. The first-order chi connectivity index (χ1) is 7.22. The molecule has 0 aromatic heterocycles. The third kappa shape index (κ3) is 5.82. The van der Waals surface area contributed by atoms with E-state index in [0.29, 0.717) is 0 Å². The zero-order chi connectivity index (χ0) is 11.1. The minimum atomic E-state index is 0.804. The fourth-order valence-electron chi connectivity index (χ4n) is 2.79. The van der Waals surface area contributed by atoms with Crippen molar-refractivity contribution < 1.29 is 0 Å². The highest BCUT2D eigenvalue weighted by atomic mass is 32.2. The lowest BCUT2D eigenvalue weighted by atomic mass is 9.80. The van der Waals surface area contributed by atoms with Crippen LogP contribution in [0, 0.1) is 11.8 Å². The number of hydrogen-bond donors (Lipinski definition) is 1. The summed E-state index contributed by atoms with van der Waals surface area (Å²) in [5, 5.41) is 3.73. The van der Waals surface area contributed by atoms with Crippen LogP contribution in [0.25, 0.3) is 0 Å². The van der Waals surface area contributed by atoms with Crippen LogP contribution >= 0.6 is 11.8 Å². The Hall–Kier alpha value is 0.310. The molecule has 2 unspecified atom stereocenters. The molecule has 2 heteroatoms. The van der Waals surface area contributed by atoms with Crippen LogP contribution in [0.15, 0.2) is 0 Å². The van der Waals surface area contributed by atoms with Crippen LogP contribution in [0.5, 0.6) is 0 Å². The molecule has 0 radical (unpaired) electrons. The van der Waals surface area contributed by atoms with Gasteiger partial charge in [0.05, 0.1) is 0 Å². The second kappa shape index (κ2) is 7.56. The van der Waals surface area contributed by atoms with Crippen molar-refractivity contribution in [2.75, 3.05) is 18.6 Å². The van der Waals surface area contributed by atoms with E-state index in [2.05, 4.69) is 25.4 Å². The number of rotatable bonds is 6. The van der Waals surface area contributed by atoms with E-state index in [4.69, 9.17) is 0 Å². The molecule has 1 saturated carbocycles. The number of nitrogens with one attached hydrogen (secondary N) is 1. The Kier molecular flexibility index (Phi) is 6.74. The minimum absolute atomic E-state index is 0.804. The first-order valence-electron chi connectivity index (χ1n) is 6.44. The van der Waals surface area contributed by atoms with Crippen LogP contribution in [0.2, 0.25) is 0 Å². The predicted octanol–water partition coefficient (Wildman–Crippen LogP) is 3.54. The van der Waals surface area contributed by atoms with Crippen LogP contribution in [-0.4, -0.2) is 24.6 Å². The van der Waals surface area contributed by atoms with Gasteiger partial charge in [-0.25, -0.2) is 0 Å². The maximum absolute atomic E-state index is 3.73. The molecule has 1 aliphatic rings. The zero-order valence-corrected chi connectivity index (χ0v) is 11.4. The molecule has 0 bridgehead atoms. The molecular formula is C13H27NS. The molecule has 0 aromatic carbocycles. The van der Waals surface area contributed by atoms with Crippen LogP contribution in [0.1, 0.15) is 46.0 Å². The lowest BCUT2D eigenvalue weighted by Gasteiger charge is -2.32. The van der Waals surface area contributed by atoms with Crippen LogP contribution < -0.4 is 5.32 Å². The van der Waals surface area contributed by atoms with Gasteiger partial charge in [0.1, 0.15) is 0 Å². The van der Waals surface area contributed by atoms with E-state index in [0.717, 1.165) is 17.9 Å². The van der Waals surface area contributed by atoms with E-state index in [9.17, 15) is 0 Å². The van der Waals surface area contributed by atoms with Gasteiger partial charge in [-0.05, 0) is 62.5 Å². The highest BCUT2D eigenvalue weighted by molar-refractivity contribution is 7.98. The van der Waals surface area contributed by atoms with Crippen molar-refractivity contribution in [2.24, 2.45) is 11.8 Å². The standard InChI is InChI=1S/C13H27NS/c1-11-8-12(2)10-13(9-11)14-6-4-5-7-15-3/h11-14H,4-10H2,1-3H3. The molecule has 90 valence electrons. The van der Waals surface area contributed by atoms with Gasteiger partial charge in [0.25, 0.3) is 0 Å². The molecule has 1 aliphatic carbocycles. The van der Waals surface area contributed by atoms with E-state index in [1.165, 1.54) is 44.4 Å². The molecule has 1 N–H and O–H groups in total. The van der Waals surface area contributed by atoms with Crippen molar-refractivity contribution in [3.05, 3.63) is 0 Å². The highest BCUT2D eigenvalue weighted by Crippen LogP contribution is 2.28. The average molecular weight is 229 g/mol. The maximum atomic E-state index is 3.73. The molecule has 0 aromatic rings. The summed E-state index contributed by atoms with van der Waals surface area (Å²) < 4.78 is 0. The first kappa shape index (κ1) is 13.4. The van der Waals surface area contributed by atoms with Crippen molar-refractivity contribution in [3.8, 4) is 0 Å².